The number of nitriles is 1. The van der Waals surface area contributed by atoms with Crippen LogP contribution in [0.15, 0.2) is 48.5 Å². The summed E-state index contributed by atoms with van der Waals surface area (Å²) < 4.78 is 23.5. The second-order valence-electron chi connectivity index (χ2n) is 7.32. The van der Waals surface area contributed by atoms with Crippen LogP contribution in [-0.2, 0) is 16.3 Å². The van der Waals surface area contributed by atoms with Crippen LogP contribution in [0.25, 0.3) is 11.1 Å². The molecule has 0 aliphatic rings. The maximum absolute atomic E-state index is 11.8. The molecule has 0 aliphatic heterocycles. The van der Waals surface area contributed by atoms with Gasteiger partial charge in [-0.25, -0.2) is 8.42 Å². The van der Waals surface area contributed by atoms with Crippen molar-refractivity contribution in [3.05, 3.63) is 59.7 Å². The Morgan fingerprint density at radius 3 is 1.89 bits per heavy atom. The van der Waals surface area contributed by atoms with E-state index < -0.39 is 9.84 Å². The molecule has 0 aromatic heterocycles. The second kappa shape index (κ2) is 10.3. The minimum Gasteiger partial charge on any atom is -0.229 e. The number of unbranched alkanes of at least 4 members (excludes halogenated alkanes) is 4. The highest BCUT2D eigenvalue weighted by molar-refractivity contribution is 7.91. The van der Waals surface area contributed by atoms with Crippen LogP contribution in [0.4, 0.5) is 0 Å². The lowest BCUT2D eigenvalue weighted by molar-refractivity contribution is 0.577. The van der Waals surface area contributed by atoms with Gasteiger partial charge in [0.2, 0.25) is 0 Å². The van der Waals surface area contributed by atoms with E-state index in [0.717, 1.165) is 49.7 Å². The summed E-state index contributed by atoms with van der Waals surface area (Å²) in [4.78, 5) is 0. The molecule has 0 unspecified atom stereocenters. The summed E-state index contributed by atoms with van der Waals surface area (Å²) in [7, 11) is -2.88. The average molecular weight is 384 g/mol. The summed E-state index contributed by atoms with van der Waals surface area (Å²) in [6.45, 7) is 3.50. The number of hydrogen-bond donors (Lipinski definition) is 0. The van der Waals surface area contributed by atoms with Crippen LogP contribution in [-0.4, -0.2) is 19.4 Å². The standard InChI is InChI=1S/C23H29NO2S/c1-19(2)27(25,26)17-7-5-3-4-6-8-20-9-13-22(14-10-20)23-15-11-21(18-24)12-16-23/h9-16,19H,3-8,17H2,1-2H3. The average Bonchev–Trinajstić information content (AvgIpc) is 2.67. The van der Waals surface area contributed by atoms with Crippen molar-refractivity contribution >= 4 is 9.84 Å². The SMILES string of the molecule is CC(C)S(=O)(=O)CCCCCCCc1ccc(-c2ccc(C#N)cc2)cc1. The van der Waals surface area contributed by atoms with Crippen LogP contribution in [0.1, 0.15) is 57.1 Å². The molecule has 27 heavy (non-hydrogen) atoms. The van der Waals surface area contributed by atoms with Gasteiger partial charge in [0.25, 0.3) is 0 Å². The lowest BCUT2D eigenvalue weighted by atomic mass is 10.0. The minimum atomic E-state index is -2.88. The number of aryl methyl sites for hydroxylation is 1. The van der Waals surface area contributed by atoms with E-state index in [2.05, 4.69) is 30.3 Å². The second-order valence-corrected chi connectivity index (χ2v) is 10.00. The Morgan fingerprint density at radius 1 is 0.815 bits per heavy atom. The van der Waals surface area contributed by atoms with Gasteiger partial charge in [0, 0.05) is 0 Å². The smallest absolute Gasteiger partial charge is 0.152 e. The molecule has 0 bridgehead atoms. The fourth-order valence-corrected chi connectivity index (χ4v) is 4.08. The molecule has 0 atom stereocenters. The predicted molar refractivity (Wildman–Crippen MR) is 112 cm³/mol. The fourth-order valence-electron chi connectivity index (χ4n) is 3.00. The Morgan fingerprint density at radius 2 is 1.33 bits per heavy atom. The molecule has 0 fully saturated rings. The van der Waals surface area contributed by atoms with E-state index in [4.69, 9.17) is 5.26 Å². The summed E-state index contributed by atoms with van der Waals surface area (Å²) in [6.07, 6.45) is 6.19. The fraction of sp³-hybridized carbons (Fsp3) is 0.435. The maximum Gasteiger partial charge on any atom is 0.152 e. The molecule has 0 radical (unpaired) electrons. The summed E-state index contributed by atoms with van der Waals surface area (Å²) in [6, 6.07) is 18.4. The molecule has 2 aromatic rings. The molecule has 2 rings (SSSR count). The third kappa shape index (κ3) is 6.84. The van der Waals surface area contributed by atoms with Crippen molar-refractivity contribution in [1.82, 2.24) is 0 Å². The summed E-state index contributed by atoms with van der Waals surface area (Å²) in [5.74, 6) is 0.321. The van der Waals surface area contributed by atoms with Crippen molar-refractivity contribution < 1.29 is 8.42 Å². The van der Waals surface area contributed by atoms with Crippen LogP contribution < -0.4 is 0 Å². The van der Waals surface area contributed by atoms with Crippen LogP contribution in [0.2, 0.25) is 0 Å². The Labute approximate surface area is 164 Å². The Balaban J connectivity index is 1.69. The highest BCUT2D eigenvalue weighted by atomic mass is 32.2. The molecule has 0 heterocycles. The molecule has 0 saturated heterocycles. The third-order valence-electron chi connectivity index (χ3n) is 4.91. The van der Waals surface area contributed by atoms with E-state index in [1.807, 2.05) is 24.3 Å². The van der Waals surface area contributed by atoms with E-state index in [0.29, 0.717) is 11.3 Å². The minimum absolute atomic E-state index is 0.259. The molecule has 0 spiro atoms. The largest absolute Gasteiger partial charge is 0.229 e. The topological polar surface area (TPSA) is 57.9 Å². The van der Waals surface area contributed by atoms with E-state index >= 15 is 0 Å². The van der Waals surface area contributed by atoms with Gasteiger partial charge >= 0.3 is 0 Å². The van der Waals surface area contributed by atoms with Gasteiger partial charge in [-0.3, -0.25) is 0 Å². The Hall–Kier alpha value is -2.12. The molecular formula is C23H29NO2S. The lowest BCUT2D eigenvalue weighted by Crippen LogP contribution is -2.17. The first kappa shape index (κ1) is 21.2. The first-order valence-electron chi connectivity index (χ1n) is 9.73. The zero-order valence-electron chi connectivity index (χ0n) is 16.3. The normalized spacial score (nSPS) is 11.5. The van der Waals surface area contributed by atoms with Gasteiger partial charge in [-0.2, -0.15) is 5.26 Å². The zero-order chi connectivity index (χ0) is 19.7. The van der Waals surface area contributed by atoms with Crippen molar-refractivity contribution in [1.29, 1.82) is 5.26 Å². The van der Waals surface area contributed by atoms with E-state index in [9.17, 15) is 8.42 Å². The number of hydrogen-bond acceptors (Lipinski definition) is 3. The van der Waals surface area contributed by atoms with Crippen molar-refractivity contribution in [2.24, 2.45) is 0 Å². The van der Waals surface area contributed by atoms with Crippen molar-refractivity contribution in [2.75, 3.05) is 5.75 Å². The maximum atomic E-state index is 11.8. The molecule has 144 valence electrons. The lowest BCUT2D eigenvalue weighted by Gasteiger charge is -2.07. The Kier molecular flexibility index (Phi) is 8.06. The van der Waals surface area contributed by atoms with Crippen LogP contribution in [0, 0.1) is 11.3 Å². The van der Waals surface area contributed by atoms with Crippen molar-refractivity contribution in [3.63, 3.8) is 0 Å². The zero-order valence-corrected chi connectivity index (χ0v) is 17.1. The highest BCUT2D eigenvalue weighted by Crippen LogP contribution is 2.21. The number of sulfone groups is 1. The van der Waals surface area contributed by atoms with Gasteiger partial charge in [0.05, 0.1) is 22.6 Å². The quantitative estimate of drug-likeness (QED) is 0.506. The van der Waals surface area contributed by atoms with Gasteiger partial charge in [0.15, 0.2) is 9.84 Å². The van der Waals surface area contributed by atoms with Gasteiger partial charge in [-0.15, -0.1) is 0 Å². The predicted octanol–water partition coefficient (Wildman–Crippen LogP) is 5.54. The van der Waals surface area contributed by atoms with Gasteiger partial charge in [0.1, 0.15) is 0 Å². The van der Waals surface area contributed by atoms with Crippen LogP contribution in [0.5, 0.6) is 0 Å². The first-order valence-corrected chi connectivity index (χ1v) is 11.4. The molecule has 0 N–H and O–H groups in total. The third-order valence-corrected chi connectivity index (χ3v) is 7.21. The van der Waals surface area contributed by atoms with Crippen LogP contribution in [0.3, 0.4) is 0 Å². The molecule has 4 heteroatoms. The van der Waals surface area contributed by atoms with Gasteiger partial charge < -0.3 is 0 Å². The number of rotatable bonds is 10. The van der Waals surface area contributed by atoms with Crippen LogP contribution >= 0.6 is 0 Å². The molecule has 3 nitrogen and oxygen atoms in total. The van der Waals surface area contributed by atoms with Crippen molar-refractivity contribution in [3.8, 4) is 17.2 Å². The molecular weight excluding hydrogens is 354 g/mol. The van der Waals surface area contributed by atoms with Gasteiger partial charge in [-0.1, -0.05) is 55.7 Å². The number of benzene rings is 2. The molecule has 0 amide bonds. The van der Waals surface area contributed by atoms with Gasteiger partial charge in [-0.05, 0) is 61.9 Å². The van der Waals surface area contributed by atoms with Crippen molar-refractivity contribution in [2.45, 2.75) is 57.6 Å². The van der Waals surface area contributed by atoms with E-state index in [-0.39, 0.29) is 5.25 Å². The molecule has 0 saturated carbocycles. The first-order chi connectivity index (χ1) is 12.9. The van der Waals surface area contributed by atoms with E-state index in [1.54, 1.807) is 13.8 Å². The molecule has 0 aliphatic carbocycles. The molecule has 2 aromatic carbocycles. The Bertz CT molecular complexity index is 845. The van der Waals surface area contributed by atoms with E-state index in [1.165, 1.54) is 5.56 Å². The number of nitrogens with zero attached hydrogens (tertiary/aromatic N) is 1. The highest BCUT2D eigenvalue weighted by Gasteiger charge is 2.14. The summed E-state index contributed by atoms with van der Waals surface area (Å²) in [5.41, 5.74) is 4.29. The summed E-state index contributed by atoms with van der Waals surface area (Å²) in [5, 5.41) is 8.61. The summed E-state index contributed by atoms with van der Waals surface area (Å²) >= 11 is 0. The monoisotopic (exact) mass is 383 g/mol.